The maximum atomic E-state index is 13.9. The Balaban J connectivity index is 2.71. The predicted octanol–water partition coefficient (Wildman–Crippen LogP) is 4.88. The van der Waals surface area contributed by atoms with E-state index in [2.05, 4.69) is 0 Å². The van der Waals surface area contributed by atoms with Crippen LogP contribution in [0.5, 0.6) is 5.75 Å². The molecule has 0 radical (unpaired) electrons. The van der Waals surface area contributed by atoms with Gasteiger partial charge in [0.25, 0.3) is 0 Å². The lowest BCUT2D eigenvalue weighted by Gasteiger charge is -2.10. The molecule has 2 aromatic carbocycles. The Morgan fingerprint density at radius 2 is 1.89 bits per heavy atom. The van der Waals surface area contributed by atoms with Crippen LogP contribution in [0.2, 0.25) is 5.02 Å². The van der Waals surface area contributed by atoms with Crippen molar-refractivity contribution in [3.63, 3.8) is 0 Å². The van der Waals surface area contributed by atoms with Crippen LogP contribution in [0, 0.1) is 5.82 Å². The van der Waals surface area contributed by atoms with Crippen molar-refractivity contribution >= 4 is 17.7 Å². The third-order valence-corrected chi connectivity index (χ3v) is 2.98. The Morgan fingerprint density at radius 1 is 1.17 bits per heavy atom. The van der Waals surface area contributed by atoms with Gasteiger partial charge in [0.1, 0.15) is 11.6 Å². The zero-order valence-corrected chi connectivity index (χ0v) is 10.6. The molecule has 2 aromatic rings. The van der Waals surface area contributed by atoms with Crippen molar-refractivity contribution < 1.29 is 9.50 Å². The van der Waals surface area contributed by atoms with Crippen LogP contribution >= 0.6 is 11.6 Å². The minimum Gasteiger partial charge on any atom is -0.507 e. The monoisotopic (exact) mass is 262 g/mol. The first-order chi connectivity index (χ1) is 8.65. The van der Waals surface area contributed by atoms with Gasteiger partial charge in [-0.1, -0.05) is 42.0 Å². The van der Waals surface area contributed by atoms with E-state index in [9.17, 15) is 9.50 Å². The molecule has 2 rings (SSSR count). The second-order valence-corrected chi connectivity index (χ2v) is 4.25. The Morgan fingerprint density at radius 3 is 2.56 bits per heavy atom. The highest BCUT2D eigenvalue weighted by Gasteiger charge is 2.15. The fourth-order valence-electron chi connectivity index (χ4n) is 1.82. The molecule has 0 atom stereocenters. The molecule has 0 fully saturated rings. The van der Waals surface area contributed by atoms with E-state index < -0.39 is 5.82 Å². The van der Waals surface area contributed by atoms with E-state index in [1.807, 2.05) is 6.92 Å². The van der Waals surface area contributed by atoms with Crippen LogP contribution in [-0.2, 0) is 0 Å². The molecule has 0 aliphatic rings. The summed E-state index contributed by atoms with van der Waals surface area (Å²) in [6, 6.07) is 9.72. The second kappa shape index (κ2) is 5.23. The van der Waals surface area contributed by atoms with E-state index in [4.69, 9.17) is 11.6 Å². The van der Waals surface area contributed by atoms with Gasteiger partial charge in [-0.2, -0.15) is 0 Å². The van der Waals surface area contributed by atoms with Crippen molar-refractivity contribution in [1.82, 2.24) is 0 Å². The third kappa shape index (κ3) is 2.24. The minimum absolute atomic E-state index is 0.0961. The van der Waals surface area contributed by atoms with Gasteiger partial charge in [-0.25, -0.2) is 4.39 Å². The van der Waals surface area contributed by atoms with E-state index in [1.165, 1.54) is 12.1 Å². The van der Waals surface area contributed by atoms with Crippen LogP contribution < -0.4 is 0 Å². The van der Waals surface area contributed by atoms with Crippen LogP contribution in [0.4, 0.5) is 4.39 Å². The van der Waals surface area contributed by atoms with Gasteiger partial charge >= 0.3 is 0 Å². The fourth-order valence-corrected chi connectivity index (χ4v) is 2.05. The minimum atomic E-state index is -0.492. The molecule has 0 aromatic heterocycles. The second-order valence-electron chi connectivity index (χ2n) is 3.84. The first-order valence-corrected chi connectivity index (χ1v) is 5.92. The number of allylic oxidation sites excluding steroid dienone is 1. The van der Waals surface area contributed by atoms with Crippen molar-refractivity contribution in [3.8, 4) is 16.9 Å². The number of rotatable bonds is 2. The zero-order chi connectivity index (χ0) is 13.1. The smallest absolute Gasteiger partial charge is 0.134 e. The molecule has 18 heavy (non-hydrogen) atoms. The summed E-state index contributed by atoms with van der Waals surface area (Å²) < 4.78 is 13.9. The molecule has 0 amide bonds. The van der Waals surface area contributed by atoms with Gasteiger partial charge in [0, 0.05) is 16.1 Å². The van der Waals surface area contributed by atoms with Gasteiger partial charge in [-0.05, 0) is 25.1 Å². The lowest BCUT2D eigenvalue weighted by Crippen LogP contribution is -1.89. The van der Waals surface area contributed by atoms with Crippen molar-refractivity contribution in [2.75, 3.05) is 0 Å². The van der Waals surface area contributed by atoms with Crippen molar-refractivity contribution in [1.29, 1.82) is 0 Å². The van der Waals surface area contributed by atoms with Crippen LogP contribution in [-0.4, -0.2) is 5.11 Å². The summed E-state index contributed by atoms with van der Waals surface area (Å²) in [7, 11) is 0. The van der Waals surface area contributed by atoms with Crippen molar-refractivity contribution in [3.05, 3.63) is 58.9 Å². The highest BCUT2D eigenvalue weighted by molar-refractivity contribution is 6.33. The molecule has 1 nitrogen and oxygen atoms in total. The number of phenols is 1. The molecular formula is C15H12ClFO. The Hall–Kier alpha value is -1.80. The molecule has 0 unspecified atom stereocenters. The molecule has 1 N–H and O–H groups in total. The Bertz CT molecular complexity index is 605. The summed E-state index contributed by atoms with van der Waals surface area (Å²) in [6.07, 6.45) is 3.50. The molecule has 0 heterocycles. The van der Waals surface area contributed by atoms with E-state index in [0.29, 0.717) is 16.1 Å². The molecule has 0 aliphatic heterocycles. The molecule has 92 valence electrons. The van der Waals surface area contributed by atoms with Crippen LogP contribution in [0.15, 0.2) is 42.5 Å². The summed E-state index contributed by atoms with van der Waals surface area (Å²) in [6.45, 7) is 1.83. The first kappa shape index (κ1) is 12.7. The average molecular weight is 263 g/mol. The Kier molecular flexibility index (Phi) is 3.68. The summed E-state index contributed by atoms with van der Waals surface area (Å²) in [5, 5.41) is 10.5. The third-order valence-electron chi connectivity index (χ3n) is 2.65. The fraction of sp³-hybridized carbons (Fsp3) is 0.0667. The highest BCUT2D eigenvalue weighted by Crippen LogP contribution is 2.38. The lowest BCUT2D eigenvalue weighted by molar-refractivity contribution is 0.470. The van der Waals surface area contributed by atoms with E-state index >= 15 is 0 Å². The number of hydrogen-bond acceptors (Lipinski definition) is 1. The highest BCUT2D eigenvalue weighted by atomic mass is 35.5. The lowest BCUT2D eigenvalue weighted by atomic mass is 10.0. The number of halogens is 2. The van der Waals surface area contributed by atoms with Gasteiger partial charge < -0.3 is 5.11 Å². The molecule has 0 saturated heterocycles. The topological polar surface area (TPSA) is 20.2 Å². The van der Waals surface area contributed by atoms with E-state index in [1.54, 1.807) is 36.4 Å². The van der Waals surface area contributed by atoms with Gasteiger partial charge in [-0.3, -0.25) is 0 Å². The number of hydrogen-bond donors (Lipinski definition) is 1. The molecule has 0 saturated carbocycles. The van der Waals surface area contributed by atoms with Gasteiger partial charge in [0.15, 0.2) is 0 Å². The first-order valence-electron chi connectivity index (χ1n) is 5.54. The molecule has 3 heteroatoms. The van der Waals surface area contributed by atoms with Crippen LogP contribution in [0.25, 0.3) is 17.2 Å². The van der Waals surface area contributed by atoms with Gasteiger partial charge in [0.05, 0.1) is 5.56 Å². The SMILES string of the molecule is C/C=C/c1ccc(F)c(-c2ccccc2Cl)c1O. The summed E-state index contributed by atoms with van der Waals surface area (Å²) in [5.41, 5.74) is 1.19. The normalized spacial score (nSPS) is 11.1. The summed E-state index contributed by atoms with van der Waals surface area (Å²) in [4.78, 5) is 0. The van der Waals surface area contributed by atoms with E-state index in [-0.39, 0.29) is 11.3 Å². The largest absolute Gasteiger partial charge is 0.507 e. The standard InChI is InChI=1S/C15H12ClFO/c1-2-5-10-8-9-13(17)14(15(10)18)11-6-3-4-7-12(11)16/h2-9,18H,1H3/b5-2+. The molecule has 0 bridgehead atoms. The van der Waals surface area contributed by atoms with E-state index in [0.717, 1.165) is 0 Å². The quantitative estimate of drug-likeness (QED) is 0.817. The number of phenolic OH excluding ortho intramolecular Hbond substituents is 1. The number of benzene rings is 2. The number of aromatic hydroxyl groups is 1. The molecule has 0 aliphatic carbocycles. The summed E-state index contributed by atoms with van der Waals surface area (Å²) >= 11 is 6.04. The van der Waals surface area contributed by atoms with Crippen molar-refractivity contribution in [2.24, 2.45) is 0 Å². The Labute approximate surface area is 110 Å². The molecular weight excluding hydrogens is 251 g/mol. The molecule has 0 spiro atoms. The van der Waals surface area contributed by atoms with Gasteiger partial charge in [0.2, 0.25) is 0 Å². The maximum Gasteiger partial charge on any atom is 0.134 e. The zero-order valence-electron chi connectivity index (χ0n) is 9.82. The van der Waals surface area contributed by atoms with Crippen LogP contribution in [0.1, 0.15) is 12.5 Å². The van der Waals surface area contributed by atoms with Crippen molar-refractivity contribution in [2.45, 2.75) is 6.92 Å². The maximum absolute atomic E-state index is 13.9. The van der Waals surface area contributed by atoms with Gasteiger partial charge in [-0.15, -0.1) is 0 Å². The average Bonchev–Trinajstić information content (AvgIpc) is 2.35. The predicted molar refractivity (Wildman–Crippen MR) is 73.2 cm³/mol. The summed E-state index contributed by atoms with van der Waals surface area (Å²) in [5.74, 6) is -0.588. The van der Waals surface area contributed by atoms with Crippen LogP contribution in [0.3, 0.4) is 0 Å².